The highest BCUT2D eigenvalue weighted by atomic mass is 14.5. The van der Waals surface area contributed by atoms with E-state index in [-0.39, 0.29) is 11.3 Å². The van der Waals surface area contributed by atoms with E-state index in [1.807, 2.05) is 0 Å². The Morgan fingerprint density at radius 2 is 1.44 bits per heavy atom. The van der Waals surface area contributed by atoms with Crippen molar-refractivity contribution in [3.05, 3.63) is 71.8 Å². The maximum absolute atomic E-state index is 9.51. The fourth-order valence-corrected chi connectivity index (χ4v) is 6.22. The molecule has 0 spiro atoms. The van der Waals surface area contributed by atoms with Gasteiger partial charge in [-0.3, -0.25) is 0 Å². The van der Waals surface area contributed by atoms with Gasteiger partial charge in [0.25, 0.3) is 0 Å². The maximum atomic E-state index is 9.51. The molecule has 32 heavy (non-hydrogen) atoms. The average Bonchev–Trinajstić information content (AvgIpc) is 2.86. The molecule has 1 atom stereocenters. The second-order valence-corrected chi connectivity index (χ2v) is 10.0. The van der Waals surface area contributed by atoms with Crippen molar-refractivity contribution in [2.45, 2.75) is 96.3 Å². The number of benzene rings is 2. The molecule has 3 rings (SSSR count). The van der Waals surface area contributed by atoms with Gasteiger partial charge in [0.05, 0.1) is 6.07 Å². The normalized spacial score (nSPS) is 19.9. The van der Waals surface area contributed by atoms with Gasteiger partial charge in [-0.15, -0.1) is 0 Å². The summed E-state index contributed by atoms with van der Waals surface area (Å²) in [5.74, 6) is 1.79. The van der Waals surface area contributed by atoms with Crippen molar-refractivity contribution in [1.82, 2.24) is 0 Å². The first kappa shape index (κ1) is 24.6. The van der Waals surface area contributed by atoms with Crippen LogP contribution in [0.4, 0.5) is 0 Å². The standard InChI is InChI=1S/C31H43N/c1-3-5-8-14-27-20-22-30(23-21-27)31(28-16-9-6-10-17-28,29-18-11-7-12-19-29)24-13-15-26(4-2)25-32/h6-7,9-12,16-19,26-27,30H,3-5,8,13-15,20-24H2,1-2H3. The summed E-state index contributed by atoms with van der Waals surface area (Å²) >= 11 is 0. The lowest BCUT2D eigenvalue weighted by molar-refractivity contribution is 0.177. The Kier molecular flexibility index (Phi) is 9.86. The smallest absolute Gasteiger partial charge is 0.0655 e. The predicted octanol–water partition coefficient (Wildman–Crippen LogP) is 9.08. The Morgan fingerprint density at radius 1 is 0.844 bits per heavy atom. The monoisotopic (exact) mass is 429 g/mol. The van der Waals surface area contributed by atoms with E-state index in [1.54, 1.807) is 0 Å². The predicted molar refractivity (Wildman–Crippen MR) is 136 cm³/mol. The zero-order valence-electron chi connectivity index (χ0n) is 20.4. The van der Waals surface area contributed by atoms with E-state index in [1.165, 1.54) is 62.5 Å². The maximum Gasteiger partial charge on any atom is 0.0655 e. The Hall–Kier alpha value is -2.07. The zero-order valence-corrected chi connectivity index (χ0v) is 20.4. The minimum Gasteiger partial charge on any atom is -0.198 e. The summed E-state index contributed by atoms with van der Waals surface area (Å²) in [6, 6.07) is 25.1. The lowest BCUT2D eigenvalue weighted by atomic mass is 9.58. The average molecular weight is 430 g/mol. The minimum absolute atomic E-state index is 0.0602. The van der Waals surface area contributed by atoms with Gasteiger partial charge < -0.3 is 0 Å². The van der Waals surface area contributed by atoms with Gasteiger partial charge in [0.15, 0.2) is 0 Å². The van der Waals surface area contributed by atoms with Crippen molar-refractivity contribution in [3.8, 4) is 6.07 Å². The Bertz CT molecular complexity index is 756. The van der Waals surface area contributed by atoms with Crippen LogP contribution in [0.25, 0.3) is 0 Å². The zero-order chi connectivity index (χ0) is 22.7. The van der Waals surface area contributed by atoms with Gasteiger partial charge in [0, 0.05) is 11.3 Å². The molecular formula is C31H43N. The first-order chi connectivity index (χ1) is 15.7. The Balaban J connectivity index is 1.88. The van der Waals surface area contributed by atoms with Crippen LogP contribution in [0, 0.1) is 29.1 Å². The summed E-state index contributed by atoms with van der Waals surface area (Å²) in [5.41, 5.74) is 3.02. The summed E-state index contributed by atoms with van der Waals surface area (Å²) in [4.78, 5) is 0. The molecule has 0 amide bonds. The molecule has 1 fully saturated rings. The van der Waals surface area contributed by atoms with Crippen LogP contribution >= 0.6 is 0 Å². The third kappa shape index (κ3) is 6.04. The van der Waals surface area contributed by atoms with E-state index in [0.29, 0.717) is 5.92 Å². The van der Waals surface area contributed by atoms with Gasteiger partial charge in [-0.05, 0) is 55.1 Å². The van der Waals surface area contributed by atoms with Gasteiger partial charge in [-0.25, -0.2) is 0 Å². The Labute approximate surface area is 197 Å². The topological polar surface area (TPSA) is 23.8 Å². The molecule has 0 aromatic heterocycles. The van der Waals surface area contributed by atoms with E-state index in [9.17, 15) is 5.26 Å². The highest BCUT2D eigenvalue weighted by Gasteiger charge is 2.42. The Morgan fingerprint density at radius 3 is 1.94 bits per heavy atom. The minimum atomic E-state index is 0.0602. The van der Waals surface area contributed by atoms with E-state index in [2.05, 4.69) is 80.6 Å². The first-order valence-electron chi connectivity index (χ1n) is 13.2. The molecule has 0 saturated heterocycles. The molecule has 1 aliphatic rings. The lowest BCUT2D eigenvalue weighted by Crippen LogP contribution is -2.39. The van der Waals surface area contributed by atoms with Crippen molar-refractivity contribution in [2.24, 2.45) is 17.8 Å². The van der Waals surface area contributed by atoms with Crippen LogP contribution < -0.4 is 0 Å². The molecule has 1 unspecified atom stereocenters. The number of unbranched alkanes of at least 4 members (excludes halogenated alkanes) is 2. The molecule has 0 aliphatic heterocycles. The van der Waals surface area contributed by atoms with Crippen molar-refractivity contribution in [1.29, 1.82) is 5.26 Å². The van der Waals surface area contributed by atoms with Crippen LogP contribution in [0.15, 0.2) is 60.7 Å². The molecule has 2 aromatic rings. The van der Waals surface area contributed by atoms with E-state index >= 15 is 0 Å². The number of hydrogen-bond acceptors (Lipinski definition) is 1. The molecule has 0 bridgehead atoms. The third-order valence-corrected chi connectivity index (χ3v) is 8.14. The fraction of sp³-hybridized carbons (Fsp3) is 0.581. The molecule has 1 saturated carbocycles. The summed E-state index contributed by atoms with van der Waals surface area (Å²) < 4.78 is 0. The molecule has 2 aromatic carbocycles. The van der Waals surface area contributed by atoms with Crippen LogP contribution in [-0.2, 0) is 5.41 Å². The van der Waals surface area contributed by atoms with Crippen LogP contribution in [0.2, 0.25) is 0 Å². The van der Waals surface area contributed by atoms with Crippen LogP contribution in [0.1, 0.15) is 102 Å². The number of nitriles is 1. The largest absolute Gasteiger partial charge is 0.198 e. The second-order valence-electron chi connectivity index (χ2n) is 10.0. The van der Waals surface area contributed by atoms with Crippen molar-refractivity contribution < 1.29 is 0 Å². The highest BCUT2D eigenvalue weighted by Crippen LogP contribution is 2.50. The van der Waals surface area contributed by atoms with Gasteiger partial charge >= 0.3 is 0 Å². The molecule has 1 nitrogen and oxygen atoms in total. The third-order valence-electron chi connectivity index (χ3n) is 8.14. The van der Waals surface area contributed by atoms with Crippen LogP contribution in [-0.4, -0.2) is 0 Å². The number of rotatable bonds is 12. The van der Waals surface area contributed by atoms with E-state index < -0.39 is 0 Å². The first-order valence-corrected chi connectivity index (χ1v) is 13.2. The van der Waals surface area contributed by atoms with Crippen molar-refractivity contribution in [2.75, 3.05) is 0 Å². The molecule has 0 N–H and O–H groups in total. The van der Waals surface area contributed by atoms with Gasteiger partial charge in [-0.2, -0.15) is 5.26 Å². The lowest BCUT2D eigenvalue weighted by Gasteiger charge is -2.46. The van der Waals surface area contributed by atoms with Crippen LogP contribution in [0.3, 0.4) is 0 Å². The van der Waals surface area contributed by atoms with Crippen molar-refractivity contribution in [3.63, 3.8) is 0 Å². The fourth-order valence-electron chi connectivity index (χ4n) is 6.22. The summed E-state index contributed by atoms with van der Waals surface area (Å²) in [7, 11) is 0. The highest BCUT2D eigenvalue weighted by molar-refractivity contribution is 5.40. The van der Waals surface area contributed by atoms with E-state index in [4.69, 9.17) is 0 Å². The summed E-state index contributed by atoms with van der Waals surface area (Å²) in [6.45, 7) is 4.45. The molecule has 0 heterocycles. The van der Waals surface area contributed by atoms with E-state index in [0.717, 1.165) is 31.6 Å². The SMILES string of the molecule is CCCCCC1CCC(C(CCCC(C#N)CC)(c2ccccc2)c2ccccc2)CC1. The van der Waals surface area contributed by atoms with Gasteiger partial charge in [0.2, 0.25) is 0 Å². The molecule has 0 radical (unpaired) electrons. The van der Waals surface area contributed by atoms with Gasteiger partial charge in [-0.1, -0.05) is 119 Å². The number of nitrogens with zero attached hydrogens (tertiary/aromatic N) is 1. The quantitative estimate of drug-likeness (QED) is 0.309. The van der Waals surface area contributed by atoms with Gasteiger partial charge in [0.1, 0.15) is 0 Å². The molecule has 172 valence electrons. The number of hydrogen-bond donors (Lipinski definition) is 0. The molecular weight excluding hydrogens is 386 g/mol. The molecule has 1 heteroatoms. The summed E-state index contributed by atoms with van der Waals surface area (Å²) in [6.07, 6.45) is 15.2. The second kappa shape index (κ2) is 12.8. The summed E-state index contributed by atoms with van der Waals surface area (Å²) in [5, 5.41) is 9.51. The molecule has 1 aliphatic carbocycles. The van der Waals surface area contributed by atoms with Crippen LogP contribution in [0.5, 0.6) is 0 Å². The van der Waals surface area contributed by atoms with Crippen molar-refractivity contribution >= 4 is 0 Å².